The van der Waals surface area contributed by atoms with Gasteiger partial charge in [-0.2, -0.15) is 0 Å². The van der Waals surface area contributed by atoms with Crippen molar-refractivity contribution in [2.45, 2.75) is 38.8 Å². The van der Waals surface area contributed by atoms with Gasteiger partial charge < -0.3 is 10.0 Å². The van der Waals surface area contributed by atoms with E-state index in [0.29, 0.717) is 15.6 Å². The van der Waals surface area contributed by atoms with E-state index in [1.807, 2.05) is 20.8 Å². The zero-order chi connectivity index (χ0) is 15.9. The first kappa shape index (κ1) is 16.1. The van der Waals surface area contributed by atoms with Gasteiger partial charge >= 0.3 is 5.97 Å². The van der Waals surface area contributed by atoms with Crippen molar-refractivity contribution in [3.8, 4) is 0 Å². The molecule has 6 heteroatoms. The number of carboxylic acids is 1. The maximum atomic E-state index is 12.3. The molecule has 4 nitrogen and oxygen atoms in total. The molecule has 0 spiro atoms. The highest BCUT2D eigenvalue weighted by atomic mass is 35.5. The predicted octanol–water partition coefficient (Wildman–Crippen LogP) is 3.77. The summed E-state index contributed by atoms with van der Waals surface area (Å²) in [6.45, 7) is 5.60. The van der Waals surface area contributed by atoms with E-state index in [9.17, 15) is 14.7 Å². The van der Waals surface area contributed by atoms with Gasteiger partial charge in [0, 0.05) is 27.6 Å². The van der Waals surface area contributed by atoms with Crippen LogP contribution in [0.1, 0.15) is 38.8 Å². The molecule has 1 aromatic carbocycles. The Morgan fingerprint density at radius 2 is 1.81 bits per heavy atom. The molecule has 2 unspecified atom stereocenters. The lowest BCUT2D eigenvalue weighted by Crippen LogP contribution is -2.44. The van der Waals surface area contributed by atoms with Crippen molar-refractivity contribution >= 4 is 35.1 Å². The molecule has 0 aliphatic carbocycles. The number of rotatable bonds is 2. The van der Waals surface area contributed by atoms with E-state index in [2.05, 4.69) is 0 Å². The van der Waals surface area contributed by atoms with Gasteiger partial charge in [0.15, 0.2) is 0 Å². The van der Waals surface area contributed by atoms with Crippen LogP contribution in [0.4, 0.5) is 0 Å². The molecule has 1 amide bonds. The molecule has 2 atom stereocenters. The van der Waals surface area contributed by atoms with E-state index in [-0.39, 0.29) is 12.3 Å². The molecule has 1 aromatic rings. The Hall–Kier alpha value is -1.26. The highest BCUT2D eigenvalue weighted by Gasteiger charge is 2.49. The molecule has 1 fully saturated rings. The van der Waals surface area contributed by atoms with Crippen LogP contribution in [0.5, 0.6) is 0 Å². The maximum absolute atomic E-state index is 12.3. The second-order valence-corrected chi connectivity index (χ2v) is 6.98. The Kier molecular flexibility index (Phi) is 4.22. The average molecular weight is 330 g/mol. The van der Waals surface area contributed by atoms with Gasteiger partial charge in [-0.3, -0.25) is 9.59 Å². The lowest BCUT2D eigenvalue weighted by Gasteiger charge is -2.39. The van der Waals surface area contributed by atoms with Crippen molar-refractivity contribution in [3.05, 3.63) is 33.8 Å². The molecular formula is C15H17Cl2NO3. The van der Waals surface area contributed by atoms with Crippen LogP contribution in [0, 0.1) is 5.92 Å². The number of aliphatic carboxylic acids is 1. The molecule has 0 bridgehead atoms. The van der Waals surface area contributed by atoms with Crippen LogP contribution in [0.25, 0.3) is 0 Å². The molecule has 0 aromatic heterocycles. The Labute approximate surface area is 133 Å². The summed E-state index contributed by atoms with van der Waals surface area (Å²) in [4.78, 5) is 25.5. The summed E-state index contributed by atoms with van der Waals surface area (Å²) in [7, 11) is 0. The third-order valence-corrected chi connectivity index (χ3v) is 4.32. The SMILES string of the molecule is CC(C)(C)N1C(=O)CC(C(=O)O)C1c1c(Cl)cccc1Cl. The van der Waals surface area contributed by atoms with Gasteiger partial charge in [0.25, 0.3) is 0 Å². The largest absolute Gasteiger partial charge is 0.481 e. The van der Waals surface area contributed by atoms with Crippen LogP contribution in [0.3, 0.4) is 0 Å². The fraction of sp³-hybridized carbons (Fsp3) is 0.467. The van der Waals surface area contributed by atoms with E-state index in [1.165, 1.54) is 0 Å². The van der Waals surface area contributed by atoms with Crippen LogP contribution in [0.15, 0.2) is 18.2 Å². The lowest BCUT2D eigenvalue weighted by molar-refractivity contribution is -0.142. The molecule has 1 heterocycles. The van der Waals surface area contributed by atoms with Gasteiger partial charge in [0.05, 0.1) is 12.0 Å². The number of benzene rings is 1. The van der Waals surface area contributed by atoms with E-state index >= 15 is 0 Å². The molecule has 1 saturated heterocycles. The minimum atomic E-state index is -1.02. The van der Waals surface area contributed by atoms with Crippen molar-refractivity contribution in [2.24, 2.45) is 5.92 Å². The molecule has 1 N–H and O–H groups in total. The molecule has 1 aliphatic heterocycles. The number of likely N-dealkylation sites (tertiary alicyclic amines) is 1. The summed E-state index contributed by atoms with van der Waals surface area (Å²) in [5, 5.41) is 10.2. The number of carboxylic acid groups (broad SMARTS) is 1. The van der Waals surface area contributed by atoms with Crippen LogP contribution in [-0.2, 0) is 9.59 Å². The average Bonchev–Trinajstić information content (AvgIpc) is 2.66. The van der Waals surface area contributed by atoms with Gasteiger partial charge in [-0.25, -0.2) is 0 Å². The first-order valence-electron chi connectivity index (χ1n) is 6.63. The number of hydrogen-bond acceptors (Lipinski definition) is 2. The molecule has 2 rings (SSSR count). The normalized spacial score (nSPS) is 22.7. The third-order valence-electron chi connectivity index (χ3n) is 3.66. The first-order chi connectivity index (χ1) is 9.64. The first-order valence-corrected chi connectivity index (χ1v) is 7.39. The highest BCUT2D eigenvalue weighted by molar-refractivity contribution is 6.36. The highest BCUT2D eigenvalue weighted by Crippen LogP contribution is 2.46. The van der Waals surface area contributed by atoms with Crippen LogP contribution in [-0.4, -0.2) is 27.4 Å². The van der Waals surface area contributed by atoms with Crippen LogP contribution in [0.2, 0.25) is 10.0 Å². The molecule has 0 radical (unpaired) electrons. The summed E-state index contributed by atoms with van der Waals surface area (Å²) in [6.07, 6.45) is -0.0428. The second-order valence-electron chi connectivity index (χ2n) is 6.16. The molecule has 1 aliphatic rings. The Morgan fingerprint density at radius 1 is 1.29 bits per heavy atom. The van der Waals surface area contributed by atoms with Crippen molar-refractivity contribution in [1.29, 1.82) is 0 Å². The van der Waals surface area contributed by atoms with Crippen molar-refractivity contribution in [2.75, 3.05) is 0 Å². The molecule has 21 heavy (non-hydrogen) atoms. The lowest BCUT2D eigenvalue weighted by atomic mass is 9.91. The van der Waals surface area contributed by atoms with Crippen molar-refractivity contribution < 1.29 is 14.7 Å². The van der Waals surface area contributed by atoms with Crippen molar-refractivity contribution in [1.82, 2.24) is 4.90 Å². The summed E-state index contributed by atoms with van der Waals surface area (Å²) >= 11 is 12.5. The zero-order valence-corrected chi connectivity index (χ0v) is 13.6. The number of hydrogen-bond donors (Lipinski definition) is 1. The minimum Gasteiger partial charge on any atom is -0.481 e. The zero-order valence-electron chi connectivity index (χ0n) is 12.1. The predicted molar refractivity (Wildman–Crippen MR) is 81.5 cm³/mol. The maximum Gasteiger partial charge on any atom is 0.309 e. The third kappa shape index (κ3) is 2.87. The van der Waals surface area contributed by atoms with Crippen LogP contribution >= 0.6 is 23.2 Å². The molecular weight excluding hydrogens is 313 g/mol. The number of amides is 1. The summed E-state index contributed by atoms with van der Waals surface area (Å²) in [6, 6.07) is 4.36. The smallest absolute Gasteiger partial charge is 0.309 e. The fourth-order valence-electron chi connectivity index (χ4n) is 2.87. The Morgan fingerprint density at radius 3 is 2.24 bits per heavy atom. The molecule has 0 saturated carbocycles. The minimum absolute atomic E-state index is 0.0428. The topological polar surface area (TPSA) is 57.6 Å². The van der Waals surface area contributed by atoms with Gasteiger partial charge in [0.1, 0.15) is 0 Å². The van der Waals surface area contributed by atoms with Crippen LogP contribution < -0.4 is 0 Å². The standard InChI is InChI=1S/C15H17Cl2NO3/c1-15(2,3)18-11(19)7-8(14(20)21)13(18)12-9(16)5-4-6-10(12)17/h4-6,8,13H,7H2,1-3H3,(H,20,21). The summed E-state index contributed by atoms with van der Waals surface area (Å²) in [5.74, 6) is -2.07. The molecule has 114 valence electrons. The van der Waals surface area contributed by atoms with E-state index in [0.717, 1.165) is 0 Å². The van der Waals surface area contributed by atoms with Gasteiger partial charge in [-0.1, -0.05) is 29.3 Å². The number of halogens is 2. The second kappa shape index (κ2) is 5.50. The Balaban J connectivity index is 2.63. The fourth-order valence-corrected chi connectivity index (χ4v) is 3.49. The summed E-state index contributed by atoms with van der Waals surface area (Å²) < 4.78 is 0. The van der Waals surface area contributed by atoms with Gasteiger partial charge in [0.2, 0.25) is 5.91 Å². The quantitative estimate of drug-likeness (QED) is 0.898. The number of carbonyl (C=O) groups is 2. The van der Waals surface area contributed by atoms with E-state index < -0.39 is 23.5 Å². The number of carbonyl (C=O) groups excluding carboxylic acids is 1. The van der Waals surface area contributed by atoms with Gasteiger partial charge in [-0.15, -0.1) is 0 Å². The van der Waals surface area contributed by atoms with E-state index in [4.69, 9.17) is 23.2 Å². The summed E-state index contributed by atoms with van der Waals surface area (Å²) in [5.41, 5.74) is -0.0111. The van der Waals surface area contributed by atoms with Gasteiger partial charge in [-0.05, 0) is 32.9 Å². The van der Waals surface area contributed by atoms with Crippen molar-refractivity contribution in [3.63, 3.8) is 0 Å². The monoisotopic (exact) mass is 329 g/mol. The number of nitrogens with zero attached hydrogens (tertiary/aromatic N) is 1. The Bertz CT molecular complexity index is 575. The van der Waals surface area contributed by atoms with E-state index in [1.54, 1.807) is 23.1 Å².